The number of nitrogens with zero attached hydrogens (tertiary/aromatic N) is 3. The number of nitrogens with one attached hydrogen (secondary N) is 1. The maximum Gasteiger partial charge on any atom is 0.271 e. The molecule has 212 valence electrons. The van der Waals surface area contributed by atoms with Gasteiger partial charge in [0, 0.05) is 24.2 Å². The van der Waals surface area contributed by atoms with Gasteiger partial charge in [-0.3, -0.25) is 24.0 Å². The van der Waals surface area contributed by atoms with Crippen LogP contribution in [-0.4, -0.2) is 54.7 Å². The van der Waals surface area contributed by atoms with Gasteiger partial charge in [-0.1, -0.05) is 54.6 Å². The fourth-order valence-electron chi connectivity index (χ4n) is 4.05. The quantitative estimate of drug-likeness (QED) is 0.274. The highest BCUT2D eigenvalue weighted by atomic mass is 32.2. The van der Waals surface area contributed by atoms with Crippen LogP contribution >= 0.6 is 0 Å². The van der Waals surface area contributed by atoms with Gasteiger partial charge in [-0.25, -0.2) is 8.42 Å². The van der Waals surface area contributed by atoms with Crippen molar-refractivity contribution in [1.29, 1.82) is 0 Å². The van der Waals surface area contributed by atoms with E-state index in [1.807, 2.05) is 51.1 Å². The summed E-state index contributed by atoms with van der Waals surface area (Å²) in [5.41, 5.74) is 0.0277. The molecule has 1 N–H and O–H groups in total. The largest absolute Gasteiger partial charge is 0.350 e. The predicted molar refractivity (Wildman–Crippen MR) is 153 cm³/mol. The van der Waals surface area contributed by atoms with Gasteiger partial charge in [-0.2, -0.15) is 0 Å². The van der Waals surface area contributed by atoms with Crippen molar-refractivity contribution in [2.45, 2.75) is 50.6 Å². The first-order valence-electron chi connectivity index (χ1n) is 12.8. The Balaban J connectivity index is 2.02. The number of carbonyl (C=O) groups excluding carboxylic acids is 2. The van der Waals surface area contributed by atoms with Gasteiger partial charge in [0.1, 0.15) is 12.6 Å². The van der Waals surface area contributed by atoms with Crippen molar-refractivity contribution < 1.29 is 22.9 Å². The van der Waals surface area contributed by atoms with E-state index in [1.165, 1.54) is 35.2 Å². The van der Waals surface area contributed by atoms with E-state index in [1.54, 1.807) is 25.1 Å². The number of hydrogen-bond acceptors (Lipinski definition) is 6. The Hall–Kier alpha value is -4.25. The van der Waals surface area contributed by atoms with Crippen molar-refractivity contribution in [3.8, 4) is 0 Å². The van der Waals surface area contributed by atoms with E-state index in [4.69, 9.17) is 0 Å². The average Bonchev–Trinajstić information content (AvgIpc) is 2.91. The number of nitro benzene ring substituents is 1. The predicted octanol–water partition coefficient (Wildman–Crippen LogP) is 4.16. The Morgan fingerprint density at radius 2 is 1.55 bits per heavy atom. The van der Waals surface area contributed by atoms with Crippen molar-refractivity contribution in [1.82, 2.24) is 10.2 Å². The van der Waals surface area contributed by atoms with Crippen molar-refractivity contribution >= 4 is 33.2 Å². The molecule has 3 aromatic rings. The lowest BCUT2D eigenvalue weighted by molar-refractivity contribution is -0.384. The zero-order valence-electron chi connectivity index (χ0n) is 23.0. The monoisotopic (exact) mass is 566 g/mol. The van der Waals surface area contributed by atoms with Gasteiger partial charge in [-0.05, 0) is 57.9 Å². The number of rotatable bonds is 11. The minimum Gasteiger partial charge on any atom is -0.350 e. The number of amides is 2. The molecule has 40 heavy (non-hydrogen) atoms. The number of non-ortho nitro benzene ring substituents is 1. The molecule has 0 saturated carbocycles. The number of hydrogen-bond donors (Lipinski definition) is 1. The first kappa shape index (κ1) is 30.3. The molecule has 3 aromatic carbocycles. The summed E-state index contributed by atoms with van der Waals surface area (Å²) in [6.45, 7) is 6.54. The number of sulfonamides is 1. The highest BCUT2D eigenvalue weighted by molar-refractivity contribution is 7.92. The minimum atomic E-state index is -4.30. The molecule has 3 rings (SSSR count). The molecule has 0 fully saturated rings. The molecule has 0 aliphatic heterocycles. The van der Waals surface area contributed by atoms with E-state index in [0.29, 0.717) is 6.42 Å². The molecule has 10 nitrogen and oxygen atoms in total. The topological polar surface area (TPSA) is 130 Å². The third kappa shape index (κ3) is 7.89. The minimum absolute atomic E-state index is 0.0405. The summed E-state index contributed by atoms with van der Waals surface area (Å²) in [6, 6.07) is 21.1. The van der Waals surface area contributed by atoms with Gasteiger partial charge < -0.3 is 10.2 Å². The molecule has 11 heteroatoms. The summed E-state index contributed by atoms with van der Waals surface area (Å²) < 4.78 is 28.3. The molecule has 0 radical (unpaired) electrons. The highest BCUT2D eigenvalue weighted by Crippen LogP contribution is 2.27. The third-order valence-corrected chi connectivity index (χ3v) is 7.88. The van der Waals surface area contributed by atoms with Crippen LogP contribution in [0, 0.1) is 10.1 Å². The van der Waals surface area contributed by atoms with Crippen LogP contribution in [0.3, 0.4) is 0 Å². The molecule has 0 aromatic heterocycles. The van der Waals surface area contributed by atoms with Crippen LogP contribution in [0.2, 0.25) is 0 Å². The zero-order chi connectivity index (χ0) is 29.5. The molecule has 0 aliphatic carbocycles. The van der Waals surface area contributed by atoms with Crippen LogP contribution in [0.5, 0.6) is 0 Å². The van der Waals surface area contributed by atoms with Gasteiger partial charge >= 0.3 is 0 Å². The Morgan fingerprint density at radius 1 is 0.950 bits per heavy atom. The number of carbonyl (C=O) groups is 2. The Labute approximate surface area is 234 Å². The lowest BCUT2D eigenvalue weighted by Gasteiger charge is -2.33. The highest BCUT2D eigenvalue weighted by Gasteiger charge is 2.33. The van der Waals surface area contributed by atoms with E-state index >= 15 is 0 Å². The van der Waals surface area contributed by atoms with Gasteiger partial charge in [0.2, 0.25) is 11.8 Å². The van der Waals surface area contributed by atoms with Gasteiger partial charge in [-0.15, -0.1) is 0 Å². The summed E-state index contributed by atoms with van der Waals surface area (Å²) >= 11 is 0. The average molecular weight is 567 g/mol. The smallest absolute Gasteiger partial charge is 0.271 e. The molecular weight excluding hydrogens is 532 g/mol. The lowest BCUT2D eigenvalue weighted by atomic mass is 10.1. The molecule has 0 aliphatic rings. The van der Waals surface area contributed by atoms with Gasteiger partial charge in [0.25, 0.3) is 15.7 Å². The van der Waals surface area contributed by atoms with E-state index in [9.17, 15) is 28.1 Å². The van der Waals surface area contributed by atoms with Crippen LogP contribution in [0.25, 0.3) is 0 Å². The van der Waals surface area contributed by atoms with Gasteiger partial charge in [0.05, 0.1) is 15.5 Å². The van der Waals surface area contributed by atoms with Crippen LogP contribution < -0.4 is 9.62 Å². The summed E-state index contributed by atoms with van der Waals surface area (Å²) in [7, 11) is -4.30. The summed E-state index contributed by atoms with van der Waals surface area (Å²) in [6.07, 6.45) is 0.433. The fraction of sp³-hybridized carbons (Fsp3) is 0.310. The second-order valence-corrected chi connectivity index (χ2v) is 12.2. The van der Waals surface area contributed by atoms with Crippen LogP contribution in [0.4, 0.5) is 11.4 Å². The van der Waals surface area contributed by atoms with Crippen molar-refractivity contribution in [2.24, 2.45) is 0 Å². The maximum absolute atomic E-state index is 13.9. The maximum atomic E-state index is 13.9. The number of anilines is 1. The Morgan fingerprint density at radius 3 is 2.12 bits per heavy atom. The van der Waals surface area contributed by atoms with E-state index in [0.717, 1.165) is 15.9 Å². The second kappa shape index (κ2) is 12.7. The summed E-state index contributed by atoms with van der Waals surface area (Å²) in [5, 5.41) is 14.3. The normalized spacial score (nSPS) is 12.3. The SMILES string of the molecule is C[C@H](C(=O)NC(C)(C)C)N(CCc1ccccc1)C(=O)CN(c1cccc([N+](=O)[O-])c1)S(=O)(=O)c1ccccc1. The van der Waals surface area contributed by atoms with E-state index < -0.39 is 39.0 Å². The van der Waals surface area contributed by atoms with Crippen molar-refractivity contribution in [2.75, 3.05) is 17.4 Å². The van der Waals surface area contributed by atoms with Gasteiger partial charge in [0.15, 0.2) is 0 Å². The number of benzene rings is 3. The molecule has 0 saturated heterocycles. The third-order valence-electron chi connectivity index (χ3n) is 6.09. The standard InChI is InChI=1S/C29H34N4O6S/c1-22(28(35)30-29(2,3)4)31(19-18-23-12-7-5-8-13-23)27(34)21-32(24-14-11-15-25(20-24)33(36)37)40(38,39)26-16-9-6-10-17-26/h5-17,20,22H,18-19,21H2,1-4H3,(H,30,35)/t22-/m1/s1. The Kier molecular flexibility index (Phi) is 9.65. The Bertz CT molecular complexity index is 1440. The van der Waals surface area contributed by atoms with E-state index in [2.05, 4.69) is 5.32 Å². The second-order valence-electron chi connectivity index (χ2n) is 10.3. The molecule has 0 unspecified atom stereocenters. The summed E-state index contributed by atoms with van der Waals surface area (Å²) in [5.74, 6) is -1.01. The van der Waals surface area contributed by atoms with Crippen LogP contribution in [0.1, 0.15) is 33.3 Å². The lowest BCUT2D eigenvalue weighted by Crippen LogP contribution is -2.55. The van der Waals surface area contributed by atoms with Crippen molar-refractivity contribution in [3.63, 3.8) is 0 Å². The number of nitro groups is 1. The summed E-state index contributed by atoms with van der Waals surface area (Å²) in [4.78, 5) is 39.0. The molecular formula is C29H34N4O6S. The van der Waals surface area contributed by atoms with Crippen LogP contribution in [-0.2, 0) is 26.0 Å². The molecule has 1 atom stereocenters. The van der Waals surface area contributed by atoms with Crippen LogP contribution in [0.15, 0.2) is 89.8 Å². The fourth-order valence-corrected chi connectivity index (χ4v) is 5.48. The first-order chi connectivity index (χ1) is 18.8. The first-order valence-corrected chi connectivity index (χ1v) is 14.2. The molecule has 2 amide bonds. The van der Waals surface area contributed by atoms with Crippen molar-refractivity contribution in [3.05, 3.63) is 101 Å². The zero-order valence-corrected chi connectivity index (χ0v) is 23.8. The molecule has 0 bridgehead atoms. The molecule has 0 heterocycles. The van der Waals surface area contributed by atoms with E-state index in [-0.39, 0.29) is 28.7 Å². The molecule has 0 spiro atoms.